The van der Waals surface area contributed by atoms with Gasteiger partial charge in [0.2, 0.25) is 0 Å². The van der Waals surface area contributed by atoms with Crippen molar-refractivity contribution >= 4 is 17.5 Å². The number of hydrogen-bond acceptors (Lipinski definition) is 2. The van der Waals surface area contributed by atoms with E-state index in [0.29, 0.717) is 12.2 Å². The Morgan fingerprint density at radius 3 is 2.48 bits per heavy atom. The smallest absolute Gasteiger partial charge is 0.282 e. The Balaban J connectivity index is 2.49. The number of benzene rings is 1. The van der Waals surface area contributed by atoms with Crippen LogP contribution in [0.3, 0.4) is 0 Å². The Labute approximate surface area is 124 Å². The predicted octanol–water partition coefficient (Wildman–Crippen LogP) is 0.194. The van der Waals surface area contributed by atoms with Gasteiger partial charge >= 0.3 is 0 Å². The van der Waals surface area contributed by atoms with Gasteiger partial charge in [0.05, 0.1) is 7.05 Å². The quantitative estimate of drug-likeness (QED) is 0.673. The minimum absolute atomic E-state index is 0.0733. The van der Waals surface area contributed by atoms with Crippen LogP contribution in [0.4, 0.5) is 10.1 Å². The zero-order valence-corrected chi connectivity index (χ0v) is 12.7. The molecule has 2 amide bonds. The molecule has 116 valence electrons. The highest BCUT2D eigenvalue weighted by Crippen LogP contribution is 2.08. The van der Waals surface area contributed by atoms with E-state index in [-0.39, 0.29) is 30.2 Å². The first kappa shape index (κ1) is 17.1. The summed E-state index contributed by atoms with van der Waals surface area (Å²) in [6.07, 6.45) is 0.880. The van der Waals surface area contributed by atoms with Crippen LogP contribution in [0.15, 0.2) is 24.3 Å². The monoisotopic (exact) mass is 296 g/mol. The standard InChI is InChI=1S/C15H22FN3O2/c1-4-9-17-14(20)10-19(3)11(2)15(21)18-13-7-5-12(16)6-8-13/h5-8,11H,4,9-10H2,1-3H3,(H,17,20)(H,18,21)/p+1/t11-/m0/s1. The van der Waals surface area contributed by atoms with Crippen molar-refractivity contribution in [2.24, 2.45) is 0 Å². The molecule has 6 heteroatoms. The van der Waals surface area contributed by atoms with E-state index in [2.05, 4.69) is 10.6 Å². The van der Waals surface area contributed by atoms with E-state index < -0.39 is 0 Å². The minimum atomic E-state index is -0.387. The van der Waals surface area contributed by atoms with Gasteiger partial charge in [-0.15, -0.1) is 0 Å². The highest BCUT2D eigenvalue weighted by molar-refractivity contribution is 5.93. The first-order chi connectivity index (χ1) is 9.93. The number of carbonyl (C=O) groups is 2. The molecule has 0 saturated heterocycles. The van der Waals surface area contributed by atoms with E-state index in [1.54, 1.807) is 14.0 Å². The summed E-state index contributed by atoms with van der Waals surface area (Å²) in [5.74, 6) is -0.630. The Morgan fingerprint density at radius 2 is 1.90 bits per heavy atom. The van der Waals surface area contributed by atoms with Crippen molar-refractivity contribution in [3.05, 3.63) is 30.1 Å². The molecular weight excluding hydrogens is 273 g/mol. The SMILES string of the molecule is CCCNC(=O)C[NH+](C)[C@@H](C)C(=O)Nc1ccc(F)cc1. The van der Waals surface area contributed by atoms with E-state index in [1.807, 2.05) is 6.92 Å². The fourth-order valence-electron chi connectivity index (χ4n) is 1.74. The summed E-state index contributed by atoms with van der Waals surface area (Å²) in [5.41, 5.74) is 0.538. The molecule has 0 aromatic heterocycles. The number of hydrogen-bond donors (Lipinski definition) is 3. The third-order valence-electron chi connectivity index (χ3n) is 3.26. The topological polar surface area (TPSA) is 62.6 Å². The number of likely N-dealkylation sites (N-methyl/N-ethyl adjacent to an activating group) is 1. The summed E-state index contributed by atoms with van der Waals surface area (Å²) in [5, 5.41) is 5.49. The second kappa shape index (κ2) is 8.36. The average molecular weight is 296 g/mol. The van der Waals surface area contributed by atoms with E-state index in [1.165, 1.54) is 24.3 Å². The minimum Gasteiger partial charge on any atom is -0.351 e. The van der Waals surface area contributed by atoms with Gasteiger partial charge in [0.15, 0.2) is 12.6 Å². The molecule has 3 N–H and O–H groups in total. The molecule has 0 aliphatic carbocycles. The maximum atomic E-state index is 12.8. The molecule has 0 radical (unpaired) electrons. The van der Waals surface area contributed by atoms with Crippen LogP contribution in [0.25, 0.3) is 0 Å². The molecule has 0 fully saturated rings. The van der Waals surface area contributed by atoms with Crippen LogP contribution in [0, 0.1) is 5.82 Å². The molecule has 1 unspecified atom stereocenters. The zero-order chi connectivity index (χ0) is 15.8. The van der Waals surface area contributed by atoms with Gasteiger partial charge < -0.3 is 15.5 Å². The molecule has 5 nitrogen and oxygen atoms in total. The van der Waals surface area contributed by atoms with E-state index in [0.717, 1.165) is 11.3 Å². The van der Waals surface area contributed by atoms with E-state index in [4.69, 9.17) is 0 Å². The lowest BCUT2D eigenvalue weighted by molar-refractivity contribution is -0.885. The molecule has 2 atom stereocenters. The van der Waals surface area contributed by atoms with Gasteiger partial charge in [-0.1, -0.05) is 6.92 Å². The normalized spacial score (nSPS) is 13.3. The van der Waals surface area contributed by atoms with Crippen LogP contribution >= 0.6 is 0 Å². The van der Waals surface area contributed by atoms with Gasteiger partial charge in [0, 0.05) is 12.2 Å². The molecule has 0 bridgehead atoms. The molecule has 0 spiro atoms. The van der Waals surface area contributed by atoms with Crippen molar-refractivity contribution in [1.82, 2.24) is 5.32 Å². The van der Waals surface area contributed by atoms with Gasteiger partial charge in [0.25, 0.3) is 11.8 Å². The lowest BCUT2D eigenvalue weighted by Crippen LogP contribution is -3.15. The predicted molar refractivity (Wildman–Crippen MR) is 79.5 cm³/mol. The molecule has 0 aliphatic rings. The Hall–Kier alpha value is -1.95. The van der Waals surface area contributed by atoms with Gasteiger partial charge in [-0.25, -0.2) is 4.39 Å². The highest BCUT2D eigenvalue weighted by atomic mass is 19.1. The largest absolute Gasteiger partial charge is 0.351 e. The third kappa shape index (κ3) is 5.91. The summed E-state index contributed by atoms with van der Waals surface area (Å²) < 4.78 is 12.8. The Bertz CT molecular complexity index is 476. The maximum absolute atomic E-state index is 12.8. The number of carbonyl (C=O) groups excluding carboxylic acids is 2. The summed E-state index contributed by atoms with van der Waals surface area (Å²) in [4.78, 5) is 24.5. The third-order valence-corrected chi connectivity index (χ3v) is 3.26. The molecule has 0 heterocycles. The van der Waals surface area contributed by atoms with Crippen molar-refractivity contribution in [1.29, 1.82) is 0 Å². The van der Waals surface area contributed by atoms with Crippen molar-refractivity contribution in [2.45, 2.75) is 26.3 Å². The molecule has 1 aromatic carbocycles. The molecule has 0 aliphatic heterocycles. The fourth-order valence-corrected chi connectivity index (χ4v) is 1.74. The van der Waals surface area contributed by atoms with Crippen LogP contribution < -0.4 is 15.5 Å². The summed E-state index contributed by atoms with van der Waals surface area (Å²) >= 11 is 0. The van der Waals surface area contributed by atoms with Gasteiger partial charge in [-0.2, -0.15) is 0 Å². The average Bonchev–Trinajstić information content (AvgIpc) is 2.46. The summed E-state index contributed by atoms with van der Waals surface area (Å²) in [6.45, 7) is 4.61. The number of rotatable bonds is 7. The second-order valence-electron chi connectivity index (χ2n) is 5.09. The molecule has 21 heavy (non-hydrogen) atoms. The number of amides is 2. The van der Waals surface area contributed by atoms with Crippen molar-refractivity contribution in [2.75, 3.05) is 25.5 Å². The van der Waals surface area contributed by atoms with Gasteiger partial charge in [0.1, 0.15) is 5.82 Å². The number of quaternary nitrogens is 1. The van der Waals surface area contributed by atoms with E-state index in [9.17, 15) is 14.0 Å². The summed E-state index contributed by atoms with van der Waals surface area (Å²) in [7, 11) is 1.79. The number of halogens is 1. The van der Waals surface area contributed by atoms with Crippen LogP contribution in [-0.4, -0.2) is 38.0 Å². The maximum Gasteiger partial charge on any atom is 0.282 e. The van der Waals surface area contributed by atoms with Gasteiger partial charge in [-0.05, 0) is 37.6 Å². The van der Waals surface area contributed by atoms with Crippen molar-refractivity contribution in [3.8, 4) is 0 Å². The fraction of sp³-hybridized carbons (Fsp3) is 0.467. The lowest BCUT2D eigenvalue weighted by Gasteiger charge is -2.20. The van der Waals surface area contributed by atoms with E-state index >= 15 is 0 Å². The number of nitrogens with one attached hydrogen (secondary N) is 3. The van der Waals surface area contributed by atoms with Crippen LogP contribution in [0.1, 0.15) is 20.3 Å². The summed E-state index contributed by atoms with van der Waals surface area (Å²) in [6, 6.07) is 5.19. The second-order valence-corrected chi connectivity index (χ2v) is 5.09. The Kier molecular flexibility index (Phi) is 6.81. The molecular formula is C15H23FN3O2+. The van der Waals surface area contributed by atoms with Crippen LogP contribution in [-0.2, 0) is 9.59 Å². The van der Waals surface area contributed by atoms with Gasteiger partial charge in [-0.3, -0.25) is 9.59 Å². The molecule has 0 saturated carbocycles. The van der Waals surface area contributed by atoms with Crippen LogP contribution in [0.2, 0.25) is 0 Å². The molecule has 1 aromatic rings. The lowest BCUT2D eigenvalue weighted by atomic mass is 10.2. The molecule has 1 rings (SSSR count). The zero-order valence-electron chi connectivity index (χ0n) is 12.7. The first-order valence-corrected chi connectivity index (χ1v) is 7.09. The van der Waals surface area contributed by atoms with Crippen molar-refractivity contribution < 1.29 is 18.9 Å². The highest BCUT2D eigenvalue weighted by Gasteiger charge is 2.23. The van der Waals surface area contributed by atoms with Crippen LogP contribution in [0.5, 0.6) is 0 Å². The number of anilines is 1. The Morgan fingerprint density at radius 1 is 1.29 bits per heavy atom. The van der Waals surface area contributed by atoms with Crippen molar-refractivity contribution in [3.63, 3.8) is 0 Å². The first-order valence-electron chi connectivity index (χ1n) is 7.09.